The van der Waals surface area contributed by atoms with Crippen molar-refractivity contribution in [3.63, 3.8) is 0 Å². The van der Waals surface area contributed by atoms with Crippen LogP contribution in [0.25, 0.3) is 0 Å². The zero-order valence-electron chi connectivity index (χ0n) is 8.81. The summed E-state index contributed by atoms with van der Waals surface area (Å²) in [5.74, 6) is -2.00. The van der Waals surface area contributed by atoms with Crippen LogP contribution in [0.3, 0.4) is 0 Å². The maximum Gasteiger partial charge on any atom is 0.331 e. The molecule has 0 saturated carbocycles. The van der Waals surface area contributed by atoms with Crippen molar-refractivity contribution in [2.75, 3.05) is 13.2 Å². The van der Waals surface area contributed by atoms with Crippen LogP contribution in [0.15, 0.2) is 12.2 Å². The number of fused-ring (bicyclic) bond motifs is 1. The molecule has 2 heterocycles. The summed E-state index contributed by atoms with van der Waals surface area (Å²) in [6.45, 7) is 0.285. The molecule has 0 amide bonds. The third-order valence-electron chi connectivity index (χ3n) is 2.61. The number of carbonyl (C=O) groups is 2. The molecule has 17 heavy (non-hydrogen) atoms. The summed E-state index contributed by atoms with van der Waals surface area (Å²) in [6.07, 6.45) is -0.758. The van der Waals surface area contributed by atoms with Gasteiger partial charge in [-0.25, -0.2) is 9.59 Å². The van der Waals surface area contributed by atoms with Crippen molar-refractivity contribution in [2.45, 2.75) is 24.4 Å². The van der Waals surface area contributed by atoms with Gasteiger partial charge in [-0.05, 0) is 0 Å². The van der Waals surface area contributed by atoms with E-state index >= 15 is 0 Å². The molecule has 94 valence electrons. The second-order valence-corrected chi connectivity index (χ2v) is 3.81. The minimum Gasteiger partial charge on any atom is -0.478 e. The van der Waals surface area contributed by atoms with E-state index in [1.807, 2.05) is 0 Å². The van der Waals surface area contributed by atoms with Crippen LogP contribution in [0, 0.1) is 0 Å². The van der Waals surface area contributed by atoms with Crippen molar-refractivity contribution in [1.29, 1.82) is 0 Å². The van der Waals surface area contributed by atoms with Crippen LogP contribution < -0.4 is 0 Å². The average Bonchev–Trinajstić information content (AvgIpc) is 2.81. The standard InChI is InChI=1S/C10H12O7/c11-5-3-15-10-6(4-16-9(5)10)17-8(14)2-1-7(12)13/h1-2,5-6,9-11H,3-4H2,(H,12,13)/b2-1-/t5-,6-,9-,10-/m1/s1. The van der Waals surface area contributed by atoms with Crippen molar-refractivity contribution in [2.24, 2.45) is 0 Å². The monoisotopic (exact) mass is 244 g/mol. The third-order valence-corrected chi connectivity index (χ3v) is 2.61. The van der Waals surface area contributed by atoms with E-state index in [0.717, 1.165) is 6.08 Å². The first-order valence-electron chi connectivity index (χ1n) is 5.11. The summed E-state index contributed by atoms with van der Waals surface area (Å²) in [7, 11) is 0. The number of carboxylic acids is 1. The number of esters is 1. The summed E-state index contributed by atoms with van der Waals surface area (Å²) < 4.78 is 15.4. The second kappa shape index (κ2) is 4.82. The van der Waals surface area contributed by atoms with Gasteiger partial charge in [-0.3, -0.25) is 0 Å². The molecule has 4 atom stereocenters. The van der Waals surface area contributed by atoms with Crippen LogP contribution in [-0.4, -0.2) is 59.8 Å². The van der Waals surface area contributed by atoms with Crippen molar-refractivity contribution >= 4 is 11.9 Å². The molecule has 2 fully saturated rings. The zero-order valence-corrected chi connectivity index (χ0v) is 8.81. The van der Waals surface area contributed by atoms with Gasteiger partial charge in [0.2, 0.25) is 0 Å². The van der Waals surface area contributed by atoms with Crippen molar-refractivity contribution in [3.05, 3.63) is 12.2 Å². The highest BCUT2D eigenvalue weighted by atomic mass is 16.6. The molecule has 2 saturated heterocycles. The molecule has 7 heteroatoms. The van der Waals surface area contributed by atoms with Gasteiger partial charge in [-0.15, -0.1) is 0 Å². The van der Waals surface area contributed by atoms with Gasteiger partial charge in [0, 0.05) is 12.2 Å². The van der Waals surface area contributed by atoms with Crippen LogP contribution in [0.5, 0.6) is 0 Å². The molecule has 2 aliphatic rings. The first-order valence-corrected chi connectivity index (χ1v) is 5.11. The number of ether oxygens (including phenoxy) is 3. The second-order valence-electron chi connectivity index (χ2n) is 3.81. The van der Waals surface area contributed by atoms with E-state index in [2.05, 4.69) is 0 Å². The largest absolute Gasteiger partial charge is 0.478 e. The predicted octanol–water partition coefficient (Wildman–Crippen LogP) is -1.30. The smallest absolute Gasteiger partial charge is 0.331 e. The number of rotatable bonds is 3. The molecule has 0 aromatic heterocycles. The van der Waals surface area contributed by atoms with Crippen LogP contribution in [0.1, 0.15) is 0 Å². The molecular formula is C10H12O7. The highest BCUT2D eigenvalue weighted by Crippen LogP contribution is 2.28. The Balaban J connectivity index is 1.88. The summed E-state index contributed by atoms with van der Waals surface area (Å²) >= 11 is 0. The van der Waals surface area contributed by atoms with Gasteiger partial charge in [0.15, 0.2) is 6.10 Å². The van der Waals surface area contributed by atoms with Gasteiger partial charge in [0.05, 0.1) is 13.2 Å². The Bertz CT molecular complexity index is 351. The first-order chi connectivity index (χ1) is 8.08. The van der Waals surface area contributed by atoms with E-state index in [1.165, 1.54) is 0 Å². The van der Waals surface area contributed by atoms with Gasteiger partial charge < -0.3 is 24.4 Å². The highest BCUT2D eigenvalue weighted by Gasteiger charge is 2.48. The molecule has 0 aromatic rings. The quantitative estimate of drug-likeness (QED) is 0.469. The zero-order chi connectivity index (χ0) is 12.4. The number of hydrogen-bond donors (Lipinski definition) is 2. The molecule has 7 nitrogen and oxygen atoms in total. The van der Waals surface area contributed by atoms with Crippen molar-refractivity contribution in [1.82, 2.24) is 0 Å². The Hall–Kier alpha value is -1.44. The minimum absolute atomic E-state index is 0.138. The molecule has 0 bridgehead atoms. The molecule has 0 spiro atoms. The molecular weight excluding hydrogens is 232 g/mol. The lowest BCUT2D eigenvalue weighted by Crippen LogP contribution is -2.33. The van der Waals surface area contributed by atoms with Gasteiger partial charge in [-0.1, -0.05) is 0 Å². The lowest BCUT2D eigenvalue weighted by molar-refractivity contribution is -0.148. The number of aliphatic hydroxyl groups excluding tert-OH is 1. The fourth-order valence-electron chi connectivity index (χ4n) is 1.87. The van der Waals surface area contributed by atoms with Gasteiger partial charge in [-0.2, -0.15) is 0 Å². The Morgan fingerprint density at radius 1 is 1.18 bits per heavy atom. The van der Waals surface area contributed by atoms with Gasteiger partial charge in [0.25, 0.3) is 0 Å². The summed E-state index contributed by atoms with van der Waals surface area (Å²) in [4.78, 5) is 21.4. The average molecular weight is 244 g/mol. The molecule has 0 unspecified atom stereocenters. The molecule has 0 aliphatic carbocycles. The van der Waals surface area contributed by atoms with Gasteiger partial charge >= 0.3 is 11.9 Å². The maximum atomic E-state index is 11.2. The fraction of sp³-hybridized carbons (Fsp3) is 0.600. The number of hydrogen-bond acceptors (Lipinski definition) is 6. The van der Waals surface area contributed by atoms with E-state index in [-0.39, 0.29) is 13.2 Å². The molecule has 2 rings (SSSR count). The summed E-state index contributed by atoms with van der Waals surface area (Å²) in [5.41, 5.74) is 0. The highest BCUT2D eigenvalue weighted by molar-refractivity contribution is 5.90. The van der Waals surface area contributed by atoms with Crippen LogP contribution in [-0.2, 0) is 23.8 Å². The number of aliphatic hydroxyl groups is 1. The normalized spacial score (nSPS) is 36.1. The Morgan fingerprint density at radius 2 is 1.88 bits per heavy atom. The fourth-order valence-corrected chi connectivity index (χ4v) is 1.87. The summed E-state index contributed by atoms with van der Waals surface area (Å²) in [5, 5.41) is 17.8. The Labute approximate surface area is 96.6 Å². The molecule has 0 aromatic carbocycles. The van der Waals surface area contributed by atoms with Crippen LogP contribution in [0.4, 0.5) is 0 Å². The van der Waals surface area contributed by atoms with E-state index in [1.54, 1.807) is 0 Å². The Kier molecular flexibility index (Phi) is 3.41. The van der Waals surface area contributed by atoms with Crippen LogP contribution >= 0.6 is 0 Å². The van der Waals surface area contributed by atoms with Crippen molar-refractivity contribution < 1.29 is 34.0 Å². The van der Waals surface area contributed by atoms with E-state index < -0.39 is 36.4 Å². The predicted molar refractivity (Wildman–Crippen MR) is 52.1 cm³/mol. The van der Waals surface area contributed by atoms with Crippen LogP contribution in [0.2, 0.25) is 0 Å². The first kappa shape index (κ1) is 12.0. The number of carbonyl (C=O) groups excluding carboxylic acids is 1. The third kappa shape index (κ3) is 2.63. The van der Waals surface area contributed by atoms with Crippen molar-refractivity contribution in [3.8, 4) is 0 Å². The Morgan fingerprint density at radius 3 is 2.59 bits per heavy atom. The maximum absolute atomic E-state index is 11.2. The summed E-state index contributed by atoms with van der Waals surface area (Å²) in [6, 6.07) is 0. The minimum atomic E-state index is -1.23. The molecule has 0 radical (unpaired) electrons. The SMILES string of the molecule is O=C(O)/C=C\C(=O)O[C@@H]1CO[C@H]2[C@@H]1OC[C@H]2O. The van der Waals surface area contributed by atoms with E-state index in [4.69, 9.17) is 19.3 Å². The number of carboxylic acid groups (broad SMARTS) is 1. The lowest BCUT2D eigenvalue weighted by Gasteiger charge is -2.15. The topological polar surface area (TPSA) is 102 Å². The lowest BCUT2D eigenvalue weighted by atomic mass is 10.1. The molecule has 2 N–H and O–H groups in total. The van der Waals surface area contributed by atoms with E-state index in [0.29, 0.717) is 6.08 Å². The molecule has 2 aliphatic heterocycles. The number of aliphatic carboxylic acids is 1. The van der Waals surface area contributed by atoms with E-state index in [9.17, 15) is 14.7 Å². The van der Waals surface area contributed by atoms with Gasteiger partial charge in [0.1, 0.15) is 18.3 Å².